The summed E-state index contributed by atoms with van der Waals surface area (Å²) in [6, 6.07) is 10.7. The van der Waals surface area contributed by atoms with Gasteiger partial charge in [0.2, 0.25) is 0 Å². The fraction of sp³-hybridized carbons (Fsp3) is 0.471. The van der Waals surface area contributed by atoms with Gasteiger partial charge in [0.25, 0.3) is 0 Å². The lowest BCUT2D eigenvalue weighted by atomic mass is 9.97. The molecule has 126 valence electrons. The molecule has 1 fully saturated rings. The highest BCUT2D eigenvalue weighted by Crippen LogP contribution is 2.25. The summed E-state index contributed by atoms with van der Waals surface area (Å²) in [5.41, 5.74) is 7.28. The number of benzene rings is 1. The number of thiazole rings is 1. The molecule has 0 radical (unpaired) electrons. The number of nitrogen functional groups attached to an aromatic ring is 1. The summed E-state index contributed by atoms with van der Waals surface area (Å²) >= 11 is 1.60. The van der Waals surface area contributed by atoms with Crippen LogP contribution < -0.4 is 5.73 Å². The standard InChI is InChI=1S/C17H24N4S.ClH/c1-17(2)13-20(12-15-10-19-16(18)22-15)8-9-21(17)11-14-6-4-3-5-7-14;/h3-7,10H,8-9,11-13H2,1-2H3,(H2,18,19);1H. The van der Waals surface area contributed by atoms with Crippen molar-refractivity contribution in [1.29, 1.82) is 0 Å². The largest absolute Gasteiger partial charge is 0.375 e. The van der Waals surface area contributed by atoms with Gasteiger partial charge in [0.05, 0.1) is 0 Å². The Morgan fingerprint density at radius 1 is 1.17 bits per heavy atom. The molecule has 3 rings (SSSR count). The van der Waals surface area contributed by atoms with Crippen molar-refractivity contribution >= 4 is 28.9 Å². The highest BCUT2D eigenvalue weighted by Gasteiger charge is 2.33. The number of anilines is 1. The zero-order valence-corrected chi connectivity index (χ0v) is 15.4. The smallest absolute Gasteiger partial charge is 0.180 e. The van der Waals surface area contributed by atoms with Gasteiger partial charge in [-0.25, -0.2) is 4.98 Å². The van der Waals surface area contributed by atoms with E-state index >= 15 is 0 Å². The molecule has 2 heterocycles. The van der Waals surface area contributed by atoms with E-state index in [4.69, 9.17) is 5.73 Å². The van der Waals surface area contributed by atoms with Gasteiger partial charge in [-0.15, -0.1) is 23.7 Å². The summed E-state index contributed by atoms with van der Waals surface area (Å²) < 4.78 is 0. The van der Waals surface area contributed by atoms with Crippen molar-refractivity contribution in [3.8, 4) is 0 Å². The average molecular weight is 353 g/mol. The van der Waals surface area contributed by atoms with E-state index in [1.165, 1.54) is 10.4 Å². The number of halogens is 1. The second-order valence-electron chi connectivity index (χ2n) is 6.60. The molecule has 23 heavy (non-hydrogen) atoms. The van der Waals surface area contributed by atoms with E-state index in [2.05, 4.69) is 59.0 Å². The lowest BCUT2D eigenvalue weighted by Gasteiger charge is -2.47. The van der Waals surface area contributed by atoms with Crippen LogP contribution >= 0.6 is 23.7 Å². The Morgan fingerprint density at radius 2 is 1.91 bits per heavy atom. The highest BCUT2D eigenvalue weighted by molar-refractivity contribution is 7.15. The quantitative estimate of drug-likeness (QED) is 0.917. The van der Waals surface area contributed by atoms with Crippen molar-refractivity contribution in [3.63, 3.8) is 0 Å². The van der Waals surface area contributed by atoms with Gasteiger partial charge in [0, 0.05) is 49.3 Å². The normalized spacial score (nSPS) is 18.5. The van der Waals surface area contributed by atoms with Gasteiger partial charge in [-0.2, -0.15) is 0 Å². The first-order chi connectivity index (χ1) is 10.5. The summed E-state index contributed by atoms with van der Waals surface area (Å²) in [6.07, 6.45) is 1.91. The molecular formula is C17H25ClN4S. The number of aromatic nitrogens is 1. The molecule has 0 spiro atoms. The fourth-order valence-corrected chi connectivity index (χ4v) is 3.87. The van der Waals surface area contributed by atoms with Crippen molar-refractivity contribution in [2.45, 2.75) is 32.5 Å². The predicted molar refractivity (Wildman–Crippen MR) is 100.0 cm³/mol. The first kappa shape index (κ1) is 18.2. The van der Waals surface area contributed by atoms with Crippen LogP contribution in [0.1, 0.15) is 24.3 Å². The molecule has 0 saturated carbocycles. The Kier molecular flexibility index (Phi) is 6.03. The molecule has 4 nitrogen and oxygen atoms in total. The van der Waals surface area contributed by atoms with Crippen LogP contribution in [0.25, 0.3) is 0 Å². The van der Waals surface area contributed by atoms with Gasteiger partial charge in [-0.05, 0) is 19.4 Å². The maximum Gasteiger partial charge on any atom is 0.180 e. The van der Waals surface area contributed by atoms with Crippen molar-refractivity contribution < 1.29 is 0 Å². The number of hydrogen-bond donors (Lipinski definition) is 1. The van der Waals surface area contributed by atoms with Gasteiger partial charge < -0.3 is 5.73 Å². The van der Waals surface area contributed by atoms with Crippen LogP contribution in [0.5, 0.6) is 0 Å². The van der Waals surface area contributed by atoms with Crippen molar-refractivity contribution in [2.75, 3.05) is 25.4 Å². The second kappa shape index (κ2) is 7.62. The maximum atomic E-state index is 5.73. The zero-order valence-electron chi connectivity index (χ0n) is 13.7. The first-order valence-electron chi connectivity index (χ1n) is 7.74. The molecule has 1 aliphatic rings. The maximum absolute atomic E-state index is 5.73. The lowest BCUT2D eigenvalue weighted by Crippen LogP contribution is -2.58. The van der Waals surface area contributed by atoms with Gasteiger partial charge in [0.1, 0.15) is 0 Å². The van der Waals surface area contributed by atoms with Crippen LogP contribution in [0.4, 0.5) is 5.13 Å². The Hall–Kier alpha value is -1.14. The SMILES string of the molecule is CC1(C)CN(Cc2cnc(N)s2)CCN1Cc1ccccc1.Cl. The number of rotatable bonds is 4. The molecule has 1 saturated heterocycles. The molecule has 1 aromatic heterocycles. The number of hydrogen-bond acceptors (Lipinski definition) is 5. The molecule has 1 aromatic carbocycles. The molecular weight excluding hydrogens is 328 g/mol. The Balaban J connectivity index is 0.00000192. The molecule has 2 aromatic rings. The fourth-order valence-electron chi connectivity index (χ4n) is 3.14. The Morgan fingerprint density at radius 3 is 2.52 bits per heavy atom. The zero-order chi connectivity index (χ0) is 15.6. The minimum absolute atomic E-state index is 0. The first-order valence-corrected chi connectivity index (χ1v) is 8.56. The summed E-state index contributed by atoms with van der Waals surface area (Å²) in [6.45, 7) is 9.90. The highest BCUT2D eigenvalue weighted by atomic mass is 35.5. The molecule has 1 aliphatic heterocycles. The van der Waals surface area contributed by atoms with Gasteiger partial charge in [-0.1, -0.05) is 30.3 Å². The topological polar surface area (TPSA) is 45.4 Å². The lowest BCUT2D eigenvalue weighted by molar-refractivity contribution is 0.0107. The van der Waals surface area contributed by atoms with Crippen molar-refractivity contribution in [3.05, 3.63) is 47.0 Å². The van der Waals surface area contributed by atoms with Gasteiger partial charge >= 0.3 is 0 Å². The average Bonchev–Trinajstić information content (AvgIpc) is 2.88. The number of piperazine rings is 1. The Bertz CT molecular complexity index is 614. The van der Waals surface area contributed by atoms with Crippen molar-refractivity contribution in [1.82, 2.24) is 14.8 Å². The van der Waals surface area contributed by atoms with Crippen molar-refractivity contribution in [2.24, 2.45) is 0 Å². The molecule has 0 bridgehead atoms. The van der Waals surface area contributed by atoms with E-state index in [9.17, 15) is 0 Å². The summed E-state index contributed by atoms with van der Waals surface area (Å²) in [7, 11) is 0. The molecule has 0 atom stereocenters. The van der Waals surface area contributed by atoms with E-state index in [1.54, 1.807) is 11.3 Å². The van der Waals surface area contributed by atoms with Gasteiger partial charge in [0.15, 0.2) is 5.13 Å². The van der Waals surface area contributed by atoms with E-state index in [-0.39, 0.29) is 17.9 Å². The predicted octanol–water partition coefficient (Wildman–Crippen LogP) is 3.24. The van der Waals surface area contributed by atoms with E-state index in [0.717, 1.165) is 32.7 Å². The van der Waals surface area contributed by atoms with E-state index in [1.807, 2.05) is 6.20 Å². The molecule has 2 N–H and O–H groups in total. The van der Waals surface area contributed by atoms with Crippen LogP contribution in [0.15, 0.2) is 36.5 Å². The third kappa shape index (κ3) is 4.67. The van der Waals surface area contributed by atoms with Crippen LogP contribution in [0, 0.1) is 0 Å². The monoisotopic (exact) mass is 352 g/mol. The summed E-state index contributed by atoms with van der Waals surface area (Å²) in [5, 5.41) is 0.664. The molecule has 0 aliphatic carbocycles. The van der Waals surface area contributed by atoms with Crippen LogP contribution in [0.3, 0.4) is 0 Å². The molecule has 0 unspecified atom stereocenters. The third-order valence-electron chi connectivity index (χ3n) is 4.32. The second-order valence-corrected chi connectivity index (χ2v) is 7.74. The van der Waals surface area contributed by atoms with Crippen LogP contribution in [-0.4, -0.2) is 40.0 Å². The van der Waals surface area contributed by atoms with Crippen LogP contribution in [-0.2, 0) is 13.1 Å². The van der Waals surface area contributed by atoms with E-state index in [0.29, 0.717) is 5.13 Å². The molecule has 0 amide bonds. The Labute approximate surface area is 148 Å². The minimum atomic E-state index is 0. The van der Waals surface area contributed by atoms with Crippen LogP contribution in [0.2, 0.25) is 0 Å². The van der Waals surface area contributed by atoms with Gasteiger partial charge in [-0.3, -0.25) is 9.80 Å². The molecule has 6 heteroatoms. The summed E-state index contributed by atoms with van der Waals surface area (Å²) in [4.78, 5) is 10.5. The number of nitrogens with two attached hydrogens (primary N) is 1. The number of nitrogens with zero attached hydrogens (tertiary/aromatic N) is 3. The van der Waals surface area contributed by atoms with E-state index < -0.39 is 0 Å². The third-order valence-corrected chi connectivity index (χ3v) is 5.13. The summed E-state index contributed by atoms with van der Waals surface area (Å²) in [5.74, 6) is 0. The minimum Gasteiger partial charge on any atom is -0.375 e.